The highest BCUT2D eigenvalue weighted by atomic mass is 16.5. The molecule has 19 heavy (non-hydrogen) atoms. The zero-order valence-corrected chi connectivity index (χ0v) is 10.0. The standard InChI is InChI=1S/C13H14N2O4/c16-6-11-12(18)9(17)5-10(19-11)13-14-7-3-1-2-4-8(7)15-13/h1-5,9,11-12,16-18H,6H2,(H,14,15)/t9-,11-,12-/m1/s1. The van der Waals surface area contributed by atoms with E-state index in [-0.39, 0.29) is 6.61 Å². The number of rotatable bonds is 2. The Morgan fingerprint density at radius 1 is 1.26 bits per heavy atom. The van der Waals surface area contributed by atoms with Crippen LogP contribution in [0.3, 0.4) is 0 Å². The largest absolute Gasteiger partial charge is 0.482 e. The number of aliphatic hydroxyl groups excluding tert-OH is 3. The van der Waals surface area contributed by atoms with Crippen LogP contribution in [0, 0.1) is 0 Å². The first-order valence-corrected chi connectivity index (χ1v) is 5.99. The fraction of sp³-hybridized carbons (Fsp3) is 0.308. The number of aliphatic hydroxyl groups is 3. The summed E-state index contributed by atoms with van der Waals surface area (Å²) in [6, 6.07) is 7.49. The maximum Gasteiger partial charge on any atom is 0.173 e. The molecule has 6 heteroatoms. The summed E-state index contributed by atoms with van der Waals surface area (Å²) in [4.78, 5) is 7.41. The molecule has 1 aromatic carbocycles. The second-order valence-electron chi connectivity index (χ2n) is 4.45. The average molecular weight is 262 g/mol. The first kappa shape index (κ1) is 12.2. The van der Waals surface area contributed by atoms with Crippen LogP contribution in [0.5, 0.6) is 0 Å². The van der Waals surface area contributed by atoms with Crippen LogP contribution in [0.1, 0.15) is 5.82 Å². The maximum atomic E-state index is 9.73. The van der Waals surface area contributed by atoms with E-state index < -0.39 is 18.3 Å². The highest BCUT2D eigenvalue weighted by Crippen LogP contribution is 2.25. The van der Waals surface area contributed by atoms with Gasteiger partial charge in [-0.05, 0) is 18.2 Å². The Bertz CT molecular complexity index is 589. The molecule has 1 aliphatic rings. The van der Waals surface area contributed by atoms with E-state index in [1.165, 1.54) is 6.08 Å². The molecule has 1 aliphatic heterocycles. The molecule has 0 saturated carbocycles. The van der Waals surface area contributed by atoms with Gasteiger partial charge in [0.15, 0.2) is 17.7 Å². The van der Waals surface area contributed by atoms with Crippen molar-refractivity contribution in [3.05, 3.63) is 36.2 Å². The van der Waals surface area contributed by atoms with Crippen molar-refractivity contribution in [3.8, 4) is 0 Å². The van der Waals surface area contributed by atoms with Gasteiger partial charge in [0, 0.05) is 0 Å². The Morgan fingerprint density at radius 3 is 2.79 bits per heavy atom. The van der Waals surface area contributed by atoms with Gasteiger partial charge in [-0.3, -0.25) is 0 Å². The van der Waals surface area contributed by atoms with Crippen molar-refractivity contribution >= 4 is 16.8 Å². The van der Waals surface area contributed by atoms with Crippen LogP contribution in [0.15, 0.2) is 30.3 Å². The van der Waals surface area contributed by atoms with Gasteiger partial charge in [0.05, 0.1) is 17.6 Å². The molecule has 2 aromatic rings. The lowest BCUT2D eigenvalue weighted by atomic mass is 10.0. The third-order valence-corrected chi connectivity index (χ3v) is 3.13. The molecule has 0 radical (unpaired) electrons. The molecule has 1 aromatic heterocycles. The zero-order chi connectivity index (χ0) is 13.4. The number of hydrogen-bond acceptors (Lipinski definition) is 5. The molecule has 0 bridgehead atoms. The normalized spacial score (nSPS) is 27.1. The molecule has 0 amide bonds. The summed E-state index contributed by atoms with van der Waals surface area (Å²) in [5.74, 6) is 0.790. The number of benzene rings is 1. The van der Waals surface area contributed by atoms with E-state index in [9.17, 15) is 10.2 Å². The average Bonchev–Trinajstić information content (AvgIpc) is 2.85. The van der Waals surface area contributed by atoms with Gasteiger partial charge in [0.1, 0.15) is 12.2 Å². The lowest BCUT2D eigenvalue weighted by molar-refractivity contribution is -0.0726. The fourth-order valence-electron chi connectivity index (χ4n) is 2.10. The molecule has 0 unspecified atom stereocenters. The minimum atomic E-state index is -1.14. The smallest absolute Gasteiger partial charge is 0.173 e. The van der Waals surface area contributed by atoms with E-state index in [4.69, 9.17) is 9.84 Å². The van der Waals surface area contributed by atoms with Gasteiger partial charge >= 0.3 is 0 Å². The number of imidazole rings is 1. The third kappa shape index (κ3) is 2.10. The zero-order valence-electron chi connectivity index (χ0n) is 10.0. The van der Waals surface area contributed by atoms with Crippen LogP contribution in [0.2, 0.25) is 0 Å². The molecule has 2 heterocycles. The summed E-state index contributed by atoms with van der Waals surface area (Å²) in [6.45, 7) is -0.379. The molecule has 0 aliphatic carbocycles. The number of ether oxygens (including phenoxy) is 1. The molecule has 3 atom stereocenters. The summed E-state index contributed by atoms with van der Waals surface area (Å²) in [5, 5.41) is 28.5. The van der Waals surface area contributed by atoms with Gasteiger partial charge in [-0.15, -0.1) is 0 Å². The highest BCUT2D eigenvalue weighted by Gasteiger charge is 2.33. The van der Waals surface area contributed by atoms with Crippen molar-refractivity contribution in [1.29, 1.82) is 0 Å². The molecular weight excluding hydrogens is 248 g/mol. The molecule has 0 saturated heterocycles. The van der Waals surface area contributed by atoms with Crippen molar-refractivity contribution in [1.82, 2.24) is 9.97 Å². The van der Waals surface area contributed by atoms with Crippen LogP contribution in [-0.2, 0) is 4.74 Å². The first-order chi connectivity index (χ1) is 9.19. The summed E-state index contributed by atoms with van der Waals surface area (Å²) < 4.78 is 5.44. The van der Waals surface area contributed by atoms with E-state index in [1.54, 1.807) is 0 Å². The van der Waals surface area contributed by atoms with E-state index in [0.29, 0.717) is 11.6 Å². The van der Waals surface area contributed by atoms with Gasteiger partial charge in [-0.25, -0.2) is 4.98 Å². The first-order valence-electron chi connectivity index (χ1n) is 5.99. The van der Waals surface area contributed by atoms with E-state index in [2.05, 4.69) is 9.97 Å². The number of hydrogen-bond donors (Lipinski definition) is 4. The van der Waals surface area contributed by atoms with Gasteiger partial charge in [-0.1, -0.05) is 12.1 Å². The molecule has 0 fully saturated rings. The predicted octanol–water partition coefficient (Wildman–Crippen LogP) is 0.0167. The van der Waals surface area contributed by atoms with Crippen molar-refractivity contribution in [2.45, 2.75) is 18.3 Å². The number of nitrogens with zero attached hydrogens (tertiary/aromatic N) is 1. The molecule has 4 N–H and O–H groups in total. The molecule has 100 valence electrons. The molecular formula is C13H14N2O4. The number of nitrogens with one attached hydrogen (secondary N) is 1. The van der Waals surface area contributed by atoms with Gasteiger partial charge in [0.25, 0.3) is 0 Å². The summed E-state index contributed by atoms with van der Waals surface area (Å²) in [5.41, 5.74) is 1.63. The van der Waals surface area contributed by atoms with Gasteiger partial charge < -0.3 is 25.0 Å². The van der Waals surface area contributed by atoms with Crippen molar-refractivity contribution in [3.63, 3.8) is 0 Å². The Morgan fingerprint density at radius 2 is 2.05 bits per heavy atom. The SMILES string of the molecule is OC[C@H]1OC(c2nc3ccccc3[nH]2)=C[C@@H](O)[C@H]1O. The van der Waals surface area contributed by atoms with E-state index >= 15 is 0 Å². The molecule has 3 rings (SSSR count). The lowest BCUT2D eigenvalue weighted by Crippen LogP contribution is -2.43. The summed E-state index contributed by atoms with van der Waals surface area (Å²) in [6.07, 6.45) is -1.70. The lowest BCUT2D eigenvalue weighted by Gasteiger charge is -2.30. The molecule has 6 nitrogen and oxygen atoms in total. The summed E-state index contributed by atoms with van der Waals surface area (Å²) >= 11 is 0. The van der Waals surface area contributed by atoms with Crippen molar-refractivity contribution < 1.29 is 20.1 Å². The molecule has 0 spiro atoms. The van der Waals surface area contributed by atoms with Crippen LogP contribution in [0.4, 0.5) is 0 Å². The number of aromatic nitrogens is 2. The predicted molar refractivity (Wildman–Crippen MR) is 68.0 cm³/mol. The Kier molecular flexibility index (Phi) is 2.98. The van der Waals surface area contributed by atoms with Gasteiger partial charge in [0.2, 0.25) is 0 Å². The Hall–Kier alpha value is -1.89. The second-order valence-corrected chi connectivity index (χ2v) is 4.45. The minimum absolute atomic E-state index is 0.327. The van der Waals surface area contributed by atoms with Crippen LogP contribution < -0.4 is 0 Å². The minimum Gasteiger partial charge on any atom is -0.482 e. The number of fused-ring (bicyclic) bond motifs is 1. The maximum absolute atomic E-state index is 9.73. The van der Waals surface area contributed by atoms with Crippen molar-refractivity contribution in [2.24, 2.45) is 0 Å². The van der Waals surface area contributed by atoms with E-state index in [0.717, 1.165) is 11.0 Å². The van der Waals surface area contributed by atoms with E-state index in [1.807, 2.05) is 24.3 Å². The third-order valence-electron chi connectivity index (χ3n) is 3.13. The number of para-hydroxylation sites is 2. The number of H-pyrrole nitrogens is 1. The van der Waals surface area contributed by atoms with Crippen molar-refractivity contribution in [2.75, 3.05) is 6.61 Å². The fourth-order valence-corrected chi connectivity index (χ4v) is 2.10. The quantitative estimate of drug-likeness (QED) is 0.611. The highest BCUT2D eigenvalue weighted by molar-refractivity contribution is 5.77. The Labute approximate surface area is 109 Å². The monoisotopic (exact) mass is 262 g/mol. The summed E-state index contributed by atoms with van der Waals surface area (Å²) in [7, 11) is 0. The topological polar surface area (TPSA) is 98.6 Å². The van der Waals surface area contributed by atoms with Crippen LogP contribution in [0.25, 0.3) is 16.8 Å². The Balaban J connectivity index is 1.99. The van der Waals surface area contributed by atoms with Crippen LogP contribution >= 0.6 is 0 Å². The second kappa shape index (κ2) is 4.65. The van der Waals surface area contributed by atoms with Gasteiger partial charge in [-0.2, -0.15) is 0 Å². The van der Waals surface area contributed by atoms with Crippen LogP contribution in [-0.4, -0.2) is 50.2 Å². The number of aromatic amines is 1.